The highest BCUT2D eigenvalue weighted by molar-refractivity contribution is 7.09. The van der Waals surface area contributed by atoms with Crippen LogP contribution >= 0.6 is 11.3 Å². The maximum absolute atomic E-state index is 14.2. The third-order valence-corrected chi connectivity index (χ3v) is 11.3. The first-order valence-corrected chi connectivity index (χ1v) is 19.0. The van der Waals surface area contributed by atoms with Gasteiger partial charge in [0.15, 0.2) is 0 Å². The smallest absolute Gasteiger partial charge is 0.245 e. The Bertz CT molecular complexity index is 1200. The van der Waals surface area contributed by atoms with Crippen LogP contribution in [-0.2, 0) is 39.8 Å². The van der Waals surface area contributed by atoms with Crippen LogP contribution in [0.5, 0.6) is 0 Å². The summed E-state index contributed by atoms with van der Waals surface area (Å²) >= 11 is 1.66. The number of rotatable bonds is 21. The zero-order valence-electron chi connectivity index (χ0n) is 32.5. The minimum absolute atomic E-state index is 0.0156. The van der Waals surface area contributed by atoms with Gasteiger partial charge in [-0.2, -0.15) is 0 Å². The molecule has 2 unspecified atom stereocenters. The third kappa shape index (κ3) is 11.5. The quantitative estimate of drug-likeness (QED) is 0.176. The second-order valence-electron chi connectivity index (χ2n) is 14.4. The molecule has 0 spiro atoms. The molecule has 1 aromatic rings. The predicted octanol–water partition coefficient (Wildman–Crippen LogP) is 3.34. The van der Waals surface area contributed by atoms with E-state index in [1.165, 1.54) is 4.88 Å². The molecule has 1 aliphatic rings. The normalized spacial score (nSPS) is 20.6. The molecule has 13 heteroatoms. The van der Waals surface area contributed by atoms with Crippen LogP contribution in [0.4, 0.5) is 0 Å². The number of hydrogen-bond donors (Lipinski definition) is 3. The van der Waals surface area contributed by atoms with Crippen LogP contribution in [0.25, 0.3) is 0 Å². The topological polar surface area (TPSA) is 139 Å². The molecular formula is C37H65N5O7S. The van der Waals surface area contributed by atoms with Gasteiger partial charge in [-0.3, -0.25) is 19.2 Å². The number of thiophene rings is 1. The van der Waals surface area contributed by atoms with Crippen molar-refractivity contribution in [3.8, 4) is 0 Å². The Hall–Kier alpha value is -2.58. The molecule has 286 valence electrons. The monoisotopic (exact) mass is 723 g/mol. The third-order valence-electron chi connectivity index (χ3n) is 10.3. The first-order valence-electron chi connectivity index (χ1n) is 18.1. The molecule has 2 rings (SSSR count). The lowest BCUT2D eigenvalue weighted by Crippen LogP contribution is -2.59. The summed E-state index contributed by atoms with van der Waals surface area (Å²) in [7, 11) is 8.23. The van der Waals surface area contributed by atoms with Gasteiger partial charge in [-0.15, -0.1) is 11.3 Å². The zero-order valence-corrected chi connectivity index (χ0v) is 33.3. The zero-order chi connectivity index (χ0) is 37.7. The number of carbonyl (C=O) groups excluding carboxylic acids is 4. The number of likely N-dealkylation sites (tertiary alicyclic amines) is 1. The Morgan fingerprint density at radius 3 is 2.16 bits per heavy atom. The molecule has 0 saturated carbocycles. The van der Waals surface area contributed by atoms with E-state index in [2.05, 4.69) is 16.0 Å². The molecular weight excluding hydrogens is 659 g/mol. The van der Waals surface area contributed by atoms with Crippen molar-refractivity contribution in [1.29, 1.82) is 0 Å². The molecule has 0 aromatic carbocycles. The van der Waals surface area contributed by atoms with E-state index in [1.54, 1.807) is 56.6 Å². The summed E-state index contributed by atoms with van der Waals surface area (Å²) in [4.78, 5) is 59.4. The average molecular weight is 724 g/mol. The van der Waals surface area contributed by atoms with Gasteiger partial charge < -0.3 is 40.0 Å². The summed E-state index contributed by atoms with van der Waals surface area (Å²) in [5, 5.41) is 11.1. The number of amides is 4. The van der Waals surface area contributed by atoms with Crippen LogP contribution in [0.1, 0.15) is 72.6 Å². The second-order valence-corrected chi connectivity index (χ2v) is 15.4. The minimum Gasteiger partial charge on any atom is -0.380 e. The van der Waals surface area contributed by atoms with Crippen molar-refractivity contribution in [2.45, 2.75) is 117 Å². The van der Waals surface area contributed by atoms with Gasteiger partial charge >= 0.3 is 0 Å². The van der Waals surface area contributed by atoms with E-state index in [4.69, 9.17) is 14.2 Å². The van der Waals surface area contributed by atoms with E-state index in [9.17, 15) is 19.2 Å². The maximum atomic E-state index is 14.2. The summed E-state index contributed by atoms with van der Waals surface area (Å²) < 4.78 is 17.7. The molecule has 4 amide bonds. The van der Waals surface area contributed by atoms with Gasteiger partial charge in [0.1, 0.15) is 6.04 Å². The molecule has 9 atom stereocenters. The summed E-state index contributed by atoms with van der Waals surface area (Å²) in [6.07, 6.45) is 0.636. The fraction of sp³-hybridized carbons (Fsp3) is 0.784. The summed E-state index contributed by atoms with van der Waals surface area (Å²) in [6, 6.07) is 2.00. The van der Waals surface area contributed by atoms with Gasteiger partial charge in [-0.1, -0.05) is 61.0 Å². The van der Waals surface area contributed by atoms with E-state index in [0.717, 1.165) is 12.8 Å². The molecule has 12 nitrogen and oxygen atoms in total. The highest BCUT2D eigenvalue weighted by atomic mass is 32.1. The molecule has 1 fully saturated rings. The molecule has 2 heterocycles. The van der Waals surface area contributed by atoms with Gasteiger partial charge in [0.05, 0.1) is 48.8 Å². The summed E-state index contributed by atoms with van der Waals surface area (Å²) in [6.45, 7) is 14.5. The Morgan fingerprint density at radius 2 is 1.66 bits per heavy atom. The van der Waals surface area contributed by atoms with Gasteiger partial charge in [-0.05, 0) is 49.1 Å². The fourth-order valence-corrected chi connectivity index (χ4v) is 7.83. The minimum atomic E-state index is -0.757. The van der Waals surface area contributed by atoms with Gasteiger partial charge in [-0.25, -0.2) is 0 Å². The predicted molar refractivity (Wildman–Crippen MR) is 198 cm³/mol. The molecule has 3 N–H and O–H groups in total. The molecule has 1 aliphatic heterocycles. The number of hydrogen-bond acceptors (Lipinski definition) is 9. The molecule has 0 bridgehead atoms. The van der Waals surface area contributed by atoms with E-state index < -0.39 is 42.3 Å². The number of likely N-dealkylation sites (N-methyl/N-ethyl adjacent to an activating group) is 2. The summed E-state index contributed by atoms with van der Waals surface area (Å²) in [5.74, 6) is -1.42. The largest absolute Gasteiger partial charge is 0.380 e. The highest BCUT2D eigenvalue weighted by Gasteiger charge is 2.45. The Balaban J connectivity index is 2.28. The van der Waals surface area contributed by atoms with Gasteiger partial charge in [0, 0.05) is 46.3 Å². The van der Waals surface area contributed by atoms with E-state index in [-0.39, 0.29) is 53.9 Å². The number of nitrogens with one attached hydrogen (secondary N) is 3. The van der Waals surface area contributed by atoms with Crippen LogP contribution in [-0.4, -0.2) is 124 Å². The Labute approximate surface area is 304 Å². The van der Waals surface area contributed by atoms with Crippen molar-refractivity contribution in [3.05, 3.63) is 22.4 Å². The van der Waals surface area contributed by atoms with Crippen molar-refractivity contribution in [2.75, 3.05) is 48.5 Å². The molecule has 0 radical (unpaired) electrons. The number of nitrogens with zero attached hydrogens (tertiary/aromatic N) is 2. The second kappa shape index (κ2) is 21.1. The standard InChI is InChI=1S/C37H65N5O7S/c1-13-24(6)33(41(9)37(46)32(23(4)5)40-36(45)31(38-8)22(2)3)29(48-11)20-30(43)42-21-26(47-10)19-28(42)34(49-12)25(7)35(44)39-17-16-27-15-14-18-50-27/h14-15,18,22-26,28-29,31-34,38H,13,16-17,19-21H2,1-12H3,(H,39,44)(H,40,45)/t24?,25-,26-,28+,29-,31+,32?,33+,34-/m1/s1. The maximum Gasteiger partial charge on any atom is 0.245 e. The number of carbonyl (C=O) groups is 4. The van der Waals surface area contributed by atoms with Crippen LogP contribution < -0.4 is 16.0 Å². The number of methoxy groups -OCH3 is 3. The average Bonchev–Trinajstić information content (AvgIpc) is 3.77. The number of ether oxygens (including phenoxy) is 3. The Morgan fingerprint density at radius 1 is 1.00 bits per heavy atom. The van der Waals surface area contributed by atoms with Crippen LogP contribution in [0.3, 0.4) is 0 Å². The van der Waals surface area contributed by atoms with Gasteiger partial charge in [0.25, 0.3) is 0 Å². The van der Waals surface area contributed by atoms with E-state index >= 15 is 0 Å². The van der Waals surface area contributed by atoms with Crippen molar-refractivity contribution >= 4 is 35.0 Å². The summed E-state index contributed by atoms with van der Waals surface area (Å²) in [5.41, 5.74) is 0. The van der Waals surface area contributed by atoms with Crippen molar-refractivity contribution < 1.29 is 33.4 Å². The van der Waals surface area contributed by atoms with E-state index in [1.807, 2.05) is 66.0 Å². The first kappa shape index (κ1) is 43.6. The van der Waals surface area contributed by atoms with Crippen molar-refractivity contribution in [1.82, 2.24) is 25.8 Å². The van der Waals surface area contributed by atoms with Crippen LogP contribution in [0.2, 0.25) is 0 Å². The van der Waals surface area contributed by atoms with Crippen molar-refractivity contribution in [3.63, 3.8) is 0 Å². The lowest BCUT2D eigenvalue weighted by Gasteiger charge is -2.41. The van der Waals surface area contributed by atoms with Crippen molar-refractivity contribution in [2.24, 2.45) is 23.7 Å². The SMILES string of the molecule is CCC(C)[C@@H]([C@@H](CC(=O)N1C[C@H](OC)C[C@H]1[C@H](OC)[C@@H](C)C(=O)NCCc1cccs1)OC)N(C)C(=O)C(NC(=O)[C@@H](NC)C(C)C)C(C)C. The molecule has 1 saturated heterocycles. The van der Waals surface area contributed by atoms with Gasteiger partial charge in [0.2, 0.25) is 23.6 Å². The first-order chi connectivity index (χ1) is 23.7. The fourth-order valence-electron chi connectivity index (χ4n) is 7.13. The van der Waals surface area contributed by atoms with Crippen LogP contribution in [0, 0.1) is 23.7 Å². The van der Waals surface area contributed by atoms with Crippen LogP contribution in [0.15, 0.2) is 17.5 Å². The molecule has 1 aromatic heterocycles. The lowest BCUT2D eigenvalue weighted by molar-refractivity contribution is -0.147. The lowest BCUT2D eigenvalue weighted by atomic mass is 9.89. The highest BCUT2D eigenvalue weighted by Crippen LogP contribution is 2.31. The van der Waals surface area contributed by atoms with E-state index in [0.29, 0.717) is 19.5 Å². The molecule has 0 aliphatic carbocycles. The Kier molecular flexibility index (Phi) is 18.4. The molecule has 50 heavy (non-hydrogen) atoms.